The first kappa shape index (κ1) is 11.4. The molecule has 2 heteroatoms. The van der Waals surface area contributed by atoms with Crippen molar-refractivity contribution in [3.63, 3.8) is 0 Å². The van der Waals surface area contributed by atoms with Gasteiger partial charge in [0.05, 0.1) is 6.61 Å². The lowest BCUT2D eigenvalue weighted by molar-refractivity contribution is 0.125. The van der Waals surface area contributed by atoms with E-state index < -0.39 is 0 Å². The van der Waals surface area contributed by atoms with Crippen LogP contribution in [0.5, 0.6) is 0 Å². The molecule has 0 saturated carbocycles. The molecule has 1 aromatic heterocycles. The van der Waals surface area contributed by atoms with Gasteiger partial charge >= 0.3 is 0 Å². The summed E-state index contributed by atoms with van der Waals surface area (Å²) < 4.78 is 5.62. The van der Waals surface area contributed by atoms with E-state index in [0.717, 1.165) is 31.7 Å². The number of aromatic nitrogens is 1. The molecule has 0 bridgehead atoms. The number of benzene rings is 1. The molecule has 0 unspecified atom stereocenters. The molecule has 0 aliphatic carbocycles. The number of ether oxygens (including phenoxy) is 1. The third kappa shape index (κ3) is 2.16. The quantitative estimate of drug-likeness (QED) is 0.759. The lowest BCUT2D eigenvalue weighted by Crippen LogP contribution is -1.95. The molecule has 2 nitrogen and oxygen atoms in total. The second-order valence-corrected chi connectivity index (χ2v) is 4.79. The predicted molar refractivity (Wildman–Crippen MR) is 72.4 cm³/mol. The molecule has 0 amide bonds. The Labute approximate surface area is 108 Å². The zero-order chi connectivity index (χ0) is 12.4. The topological polar surface area (TPSA) is 22.1 Å². The maximum atomic E-state index is 5.62. The normalized spacial score (nSPS) is 14.9. The maximum Gasteiger partial charge on any atom is 0.0719 e. The van der Waals surface area contributed by atoms with Crippen LogP contribution in [-0.2, 0) is 17.8 Å². The fourth-order valence-electron chi connectivity index (χ4n) is 2.58. The molecule has 92 valence electrons. The van der Waals surface area contributed by atoms with Crippen molar-refractivity contribution in [2.24, 2.45) is 0 Å². The van der Waals surface area contributed by atoms with Gasteiger partial charge in [0.2, 0.25) is 0 Å². The Morgan fingerprint density at radius 2 is 2.17 bits per heavy atom. The SMILES string of the molecule is Cc1cc(-c2cccc3c2CCCOC3)ccn1. The highest BCUT2D eigenvalue weighted by atomic mass is 16.5. The van der Waals surface area contributed by atoms with Gasteiger partial charge in [0.15, 0.2) is 0 Å². The summed E-state index contributed by atoms with van der Waals surface area (Å²) in [5.74, 6) is 0. The van der Waals surface area contributed by atoms with E-state index in [1.807, 2.05) is 13.1 Å². The van der Waals surface area contributed by atoms with Crippen molar-refractivity contribution in [3.05, 3.63) is 53.3 Å². The third-order valence-electron chi connectivity index (χ3n) is 3.45. The highest BCUT2D eigenvalue weighted by Gasteiger charge is 2.13. The molecule has 1 aromatic carbocycles. The van der Waals surface area contributed by atoms with E-state index in [4.69, 9.17) is 4.74 Å². The van der Waals surface area contributed by atoms with Gasteiger partial charge in [0.25, 0.3) is 0 Å². The zero-order valence-corrected chi connectivity index (χ0v) is 10.6. The van der Waals surface area contributed by atoms with Crippen LogP contribution in [-0.4, -0.2) is 11.6 Å². The number of nitrogens with zero attached hydrogens (tertiary/aromatic N) is 1. The van der Waals surface area contributed by atoms with Crippen LogP contribution in [0.25, 0.3) is 11.1 Å². The van der Waals surface area contributed by atoms with Crippen LogP contribution in [0.3, 0.4) is 0 Å². The maximum absolute atomic E-state index is 5.62. The average molecular weight is 239 g/mol. The predicted octanol–water partition coefficient (Wildman–Crippen LogP) is 3.52. The number of hydrogen-bond acceptors (Lipinski definition) is 2. The van der Waals surface area contributed by atoms with Gasteiger partial charge in [0.1, 0.15) is 0 Å². The minimum absolute atomic E-state index is 0.743. The lowest BCUT2D eigenvalue weighted by atomic mass is 9.93. The number of hydrogen-bond donors (Lipinski definition) is 0. The van der Waals surface area contributed by atoms with Crippen molar-refractivity contribution in [1.82, 2.24) is 4.98 Å². The van der Waals surface area contributed by atoms with E-state index in [-0.39, 0.29) is 0 Å². The van der Waals surface area contributed by atoms with E-state index in [9.17, 15) is 0 Å². The first-order valence-electron chi connectivity index (χ1n) is 6.46. The van der Waals surface area contributed by atoms with Crippen LogP contribution in [0.1, 0.15) is 23.2 Å². The van der Waals surface area contributed by atoms with Gasteiger partial charge < -0.3 is 4.74 Å². The molecule has 1 aliphatic heterocycles. The molecule has 1 aliphatic rings. The summed E-state index contributed by atoms with van der Waals surface area (Å²) in [6.07, 6.45) is 4.10. The van der Waals surface area contributed by atoms with Crippen molar-refractivity contribution >= 4 is 0 Å². The molecule has 0 radical (unpaired) electrons. The Balaban J connectivity index is 2.12. The molecule has 0 saturated heterocycles. The second kappa shape index (κ2) is 4.91. The number of fused-ring (bicyclic) bond motifs is 1. The third-order valence-corrected chi connectivity index (χ3v) is 3.45. The molecule has 0 spiro atoms. The number of rotatable bonds is 1. The van der Waals surface area contributed by atoms with Gasteiger partial charge in [-0.25, -0.2) is 0 Å². The first-order chi connectivity index (χ1) is 8.84. The van der Waals surface area contributed by atoms with Crippen LogP contribution in [0.2, 0.25) is 0 Å². The Morgan fingerprint density at radius 1 is 1.22 bits per heavy atom. The molecule has 18 heavy (non-hydrogen) atoms. The van der Waals surface area contributed by atoms with Crippen molar-refractivity contribution in [1.29, 1.82) is 0 Å². The zero-order valence-electron chi connectivity index (χ0n) is 10.6. The van der Waals surface area contributed by atoms with Gasteiger partial charge in [-0.15, -0.1) is 0 Å². The largest absolute Gasteiger partial charge is 0.377 e. The van der Waals surface area contributed by atoms with Crippen molar-refractivity contribution in [2.45, 2.75) is 26.4 Å². The van der Waals surface area contributed by atoms with Crippen LogP contribution in [0, 0.1) is 6.92 Å². The Hall–Kier alpha value is -1.67. The van der Waals surface area contributed by atoms with Crippen molar-refractivity contribution in [2.75, 3.05) is 6.61 Å². The fraction of sp³-hybridized carbons (Fsp3) is 0.312. The molecular weight excluding hydrogens is 222 g/mol. The lowest BCUT2D eigenvalue weighted by Gasteiger charge is -2.12. The highest BCUT2D eigenvalue weighted by Crippen LogP contribution is 2.29. The Bertz CT molecular complexity index is 563. The van der Waals surface area contributed by atoms with Crippen LogP contribution in [0.15, 0.2) is 36.5 Å². The molecule has 2 aromatic rings. The van der Waals surface area contributed by atoms with E-state index in [2.05, 4.69) is 35.3 Å². The Morgan fingerprint density at radius 3 is 3.06 bits per heavy atom. The van der Waals surface area contributed by atoms with E-state index in [1.165, 1.54) is 22.3 Å². The molecule has 3 rings (SSSR count). The minimum atomic E-state index is 0.743. The Kier molecular flexibility index (Phi) is 3.11. The van der Waals surface area contributed by atoms with Gasteiger partial charge in [-0.05, 0) is 54.2 Å². The van der Waals surface area contributed by atoms with Crippen LogP contribution in [0.4, 0.5) is 0 Å². The molecule has 0 fully saturated rings. The monoisotopic (exact) mass is 239 g/mol. The average Bonchev–Trinajstić information content (AvgIpc) is 2.63. The summed E-state index contributed by atoms with van der Waals surface area (Å²) in [7, 11) is 0. The van der Waals surface area contributed by atoms with Crippen LogP contribution >= 0.6 is 0 Å². The number of aryl methyl sites for hydroxylation is 1. The van der Waals surface area contributed by atoms with Crippen molar-refractivity contribution in [3.8, 4) is 11.1 Å². The van der Waals surface area contributed by atoms with Gasteiger partial charge in [-0.3, -0.25) is 4.98 Å². The second-order valence-electron chi connectivity index (χ2n) is 4.79. The van der Waals surface area contributed by atoms with Gasteiger partial charge in [-0.1, -0.05) is 18.2 Å². The van der Waals surface area contributed by atoms with Crippen molar-refractivity contribution < 1.29 is 4.74 Å². The molecule has 0 atom stereocenters. The summed E-state index contributed by atoms with van der Waals surface area (Å²) in [5, 5.41) is 0. The number of pyridine rings is 1. The van der Waals surface area contributed by atoms with E-state index >= 15 is 0 Å². The van der Waals surface area contributed by atoms with E-state index in [0.29, 0.717) is 0 Å². The smallest absolute Gasteiger partial charge is 0.0719 e. The standard InChI is InChI=1S/C16H17NO/c1-12-10-13(7-8-17-12)15-5-2-4-14-11-18-9-3-6-16(14)15/h2,4-5,7-8,10H,3,6,9,11H2,1H3. The summed E-state index contributed by atoms with van der Waals surface area (Å²) in [5.41, 5.74) is 6.44. The summed E-state index contributed by atoms with van der Waals surface area (Å²) in [6.45, 7) is 3.64. The van der Waals surface area contributed by atoms with Gasteiger partial charge in [-0.2, -0.15) is 0 Å². The summed E-state index contributed by atoms with van der Waals surface area (Å²) in [4.78, 5) is 4.27. The molecule has 2 heterocycles. The van der Waals surface area contributed by atoms with Crippen LogP contribution < -0.4 is 0 Å². The van der Waals surface area contributed by atoms with E-state index in [1.54, 1.807) is 0 Å². The van der Waals surface area contributed by atoms with Gasteiger partial charge in [0, 0.05) is 18.5 Å². The summed E-state index contributed by atoms with van der Waals surface area (Å²) >= 11 is 0. The molecular formula is C16H17NO. The summed E-state index contributed by atoms with van der Waals surface area (Å²) in [6, 6.07) is 10.8. The molecule has 0 N–H and O–H groups in total. The highest BCUT2D eigenvalue weighted by molar-refractivity contribution is 5.69. The minimum Gasteiger partial charge on any atom is -0.377 e. The first-order valence-corrected chi connectivity index (χ1v) is 6.46. The fourth-order valence-corrected chi connectivity index (χ4v) is 2.58.